The predicted octanol–water partition coefficient (Wildman–Crippen LogP) is 3.80. The number of ether oxygens (including phenoxy) is 1. The number of aryl methyl sites for hydroxylation is 1. The van der Waals surface area contributed by atoms with Gasteiger partial charge in [0.15, 0.2) is 0 Å². The van der Waals surface area contributed by atoms with Crippen LogP contribution in [0.5, 0.6) is 0 Å². The van der Waals surface area contributed by atoms with E-state index in [2.05, 4.69) is 28.5 Å². The lowest BCUT2D eigenvalue weighted by molar-refractivity contribution is -0.141. The molecule has 3 aromatic rings. The maximum atomic E-state index is 13.2. The lowest BCUT2D eigenvalue weighted by atomic mass is 10.2. The number of imidazole rings is 1. The van der Waals surface area contributed by atoms with Crippen molar-refractivity contribution in [2.75, 3.05) is 26.7 Å². The molecule has 35 heavy (non-hydrogen) atoms. The van der Waals surface area contributed by atoms with E-state index >= 15 is 0 Å². The van der Waals surface area contributed by atoms with Gasteiger partial charge in [0.05, 0.1) is 36.0 Å². The molecule has 1 aliphatic rings. The number of esters is 1. The van der Waals surface area contributed by atoms with Crippen LogP contribution in [0, 0.1) is 0 Å². The molecule has 1 aliphatic heterocycles. The van der Waals surface area contributed by atoms with Crippen LogP contribution in [0.1, 0.15) is 44.0 Å². The number of piperidine rings is 1. The molecule has 9 heteroatoms. The van der Waals surface area contributed by atoms with Crippen LogP contribution in [-0.2, 0) is 39.2 Å². The molecule has 0 amide bonds. The van der Waals surface area contributed by atoms with Gasteiger partial charge >= 0.3 is 5.97 Å². The van der Waals surface area contributed by atoms with Crippen molar-refractivity contribution in [3.05, 3.63) is 59.9 Å². The normalized spacial score (nSPS) is 15.1. The number of rotatable bonds is 10. The maximum Gasteiger partial charge on any atom is 0.306 e. The number of sulfonamides is 1. The van der Waals surface area contributed by atoms with E-state index in [1.54, 1.807) is 16.4 Å². The van der Waals surface area contributed by atoms with Crippen molar-refractivity contribution in [2.24, 2.45) is 0 Å². The lowest BCUT2D eigenvalue weighted by Crippen LogP contribution is -2.35. The summed E-state index contributed by atoms with van der Waals surface area (Å²) in [5, 5.41) is 0. The second-order valence-corrected chi connectivity index (χ2v) is 10.8. The second kappa shape index (κ2) is 11.3. The van der Waals surface area contributed by atoms with Crippen molar-refractivity contribution in [3.63, 3.8) is 0 Å². The van der Waals surface area contributed by atoms with Crippen molar-refractivity contribution in [3.8, 4) is 0 Å². The number of fused-ring (bicyclic) bond motifs is 1. The van der Waals surface area contributed by atoms with E-state index in [-0.39, 0.29) is 12.4 Å². The van der Waals surface area contributed by atoms with E-state index in [1.807, 2.05) is 24.3 Å². The molecule has 0 bridgehead atoms. The zero-order valence-electron chi connectivity index (χ0n) is 20.5. The van der Waals surface area contributed by atoms with E-state index in [0.29, 0.717) is 49.7 Å². The highest BCUT2D eigenvalue weighted by Gasteiger charge is 2.27. The Kier molecular flexibility index (Phi) is 8.20. The summed E-state index contributed by atoms with van der Waals surface area (Å²) >= 11 is 0. The van der Waals surface area contributed by atoms with Crippen molar-refractivity contribution >= 4 is 27.0 Å². The van der Waals surface area contributed by atoms with Crippen molar-refractivity contribution < 1.29 is 17.9 Å². The molecule has 0 unspecified atom stereocenters. The third-order valence-corrected chi connectivity index (χ3v) is 8.44. The molecular weight excluding hydrogens is 464 g/mol. The average molecular weight is 499 g/mol. The highest BCUT2D eigenvalue weighted by atomic mass is 32.2. The van der Waals surface area contributed by atoms with Gasteiger partial charge in [0.1, 0.15) is 5.82 Å². The molecule has 1 aromatic heterocycles. The van der Waals surface area contributed by atoms with Crippen molar-refractivity contribution in [2.45, 2.75) is 57.1 Å². The molecule has 0 atom stereocenters. The molecule has 2 aromatic carbocycles. The van der Waals surface area contributed by atoms with Crippen LogP contribution in [0.15, 0.2) is 53.4 Å². The first kappa shape index (κ1) is 25.3. The Morgan fingerprint density at radius 3 is 2.49 bits per heavy atom. The lowest BCUT2D eigenvalue weighted by Gasteiger charge is -2.25. The van der Waals surface area contributed by atoms with Crippen LogP contribution in [0.25, 0.3) is 11.0 Å². The van der Waals surface area contributed by atoms with Crippen LogP contribution in [0.3, 0.4) is 0 Å². The molecular formula is C26H34N4O4S. The zero-order valence-corrected chi connectivity index (χ0v) is 21.3. The van der Waals surface area contributed by atoms with Crippen LogP contribution in [0.4, 0.5) is 0 Å². The SMILES string of the molecule is CCn1c(CN(CCC(=O)OC)Cc2ccccc2)nc2cc(S(=O)(=O)N3CCCCC3)ccc21. The van der Waals surface area contributed by atoms with Crippen molar-refractivity contribution in [1.29, 1.82) is 0 Å². The predicted molar refractivity (Wildman–Crippen MR) is 135 cm³/mol. The Morgan fingerprint density at radius 2 is 1.80 bits per heavy atom. The van der Waals surface area contributed by atoms with Gasteiger partial charge in [-0.15, -0.1) is 0 Å². The van der Waals surface area contributed by atoms with E-state index < -0.39 is 10.0 Å². The van der Waals surface area contributed by atoms with Crippen LogP contribution in [-0.4, -0.2) is 59.9 Å². The van der Waals surface area contributed by atoms with Gasteiger partial charge in [-0.2, -0.15) is 4.31 Å². The summed E-state index contributed by atoms with van der Waals surface area (Å²) in [6, 6.07) is 15.4. The number of aromatic nitrogens is 2. The monoisotopic (exact) mass is 498 g/mol. The highest BCUT2D eigenvalue weighted by Crippen LogP contribution is 2.25. The van der Waals surface area contributed by atoms with Gasteiger partial charge in [-0.25, -0.2) is 13.4 Å². The Balaban J connectivity index is 1.62. The highest BCUT2D eigenvalue weighted by molar-refractivity contribution is 7.89. The molecule has 1 fully saturated rings. The van der Waals surface area contributed by atoms with Gasteiger partial charge in [0.25, 0.3) is 0 Å². The van der Waals surface area contributed by atoms with Crippen LogP contribution >= 0.6 is 0 Å². The Hall–Kier alpha value is -2.75. The topological polar surface area (TPSA) is 84.7 Å². The van der Waals surface area contributed by atoms with Crippen molar-refractivity contribution in [1.82, 2.24) is 18.8 Å². The number of nitrogens with zero attached hydrogens (tertiary/aromatic N) is 4. The van der Waals surface area contributed by atoms with Crippen LogP contribution in [0.2, 0.25) is 0 Å². The summed E-state index contributed by atoms with van der Waals surface area (Å²) in [4.78, 5) is 19.1. The molecule has 0 aliphatic carbocycles. The fourth-order valence-electron chi connectivity index (χ4n) is 4.65. The summed E-state index contributed by atoms with van der Waals surface area (Å²) in [6.45, 7) is 5.64. The standard InChI is InChI=1S/C26H34N4O4S/c1-3-30-24-13-12-22(35(32,33)29-15-8-5-9-16-29)18-23(24)27-25(30)20-28(17-14-26(31)34-2)19-21-10-6-4-7-11-21/h4,6-7,10-13,18H,3,5,8-9,14-17,19-20H2,1-2H3. The van der Waals surface area contributed by atoms with Gasteiger partial charge in [-0.1, -0.05) is 36.8 Å². The number of methoxy groups -OCH3 is 1. The molecule has 8 nitrogen and oxygen atoms in total. The first-order valence-corrected chi connectivity index (χ1v) is 13.7. The third kappa shape index (κ3) is 5.91. The smallest absolute Gasteiger partial charge is 0.306 e. The van der Waals surface area contributed by atoms with Crippen LogP contribution < -0.4 is 0 Å². The summed E-state index contributed by atoms with van der Waals surface area (Å²) in [5.74, 6) is 0.593. The summed E-state index contributed by atoms with van der Waals surface area (Å²) in [5.41, 5.74) is 2.73. The maximum absolute atomic E-state index is 13.2. The zero-order chi connectivity index (χ0) is 24.8. The number of hydrogen-bond acceptors (Lipinski definition) is 6. The van der Waals surface area contributed by atoms with Gasteiger partial charge in [0.2, 0.25) is 10.0 Å². The number of carbonyl (C=O) groups excluding carboxylic acids is 1. The minimum Gasteiger partial charge on any atom is -0.469 e. The first-order valence-electron chi connectivity index (χ1n) is 12.2. The minimum atomic E-state index is -3.53. The largest absolute Gasteiger partial charge is 0.469 e. The van der Waals surface area contributed by atoms with Gasteiger partial charge in [0, 0.05) is 32.7 Å². The summed E-state index contributed by atoms with van der Waals surface area (Å²) in [7, 11) is -2.13. The van der Waals surface area contributed by atoms with Gasteiger partial charge in [-0.3, -0.25) is 9.69 Å². The third-order valence-electron chi connectivity index (χ3n) is 6.54. The molecule has 0 saturated carbocycles. The molecule has 1 saturated heterocycles. The molecule has 0 radical (unpaired) electrons. The number of benzene rings is 2. The number of carbonyl (C=O) groups is 1. The van der Waals surface area contributed by atoms with Gasteiger partial charge < -0.3 is 9.30 Å². The minimum absolute atomic E-state index is 0.250. The Bertz CT molecular complexity index is 1250. The van der Waals surface area contributed by atoms with Gasteiger partial charge in [-0.05, 0) is 43.5 Å². The molecule has 0 spiro atoms. The second-order valence-electron chi connectivity index (χ2n) is 8.91. The molecule has 4 rings (SSSR count). The summed E-state index contributed by atoms with van der Waals surface area (Å²) in [6.07, 6.45) is 3.16. The quantitative estimate of drug-likeness (QED) is 0.396. The van der Waals surface area contributed by atoms with E-state index in [4.69, 9.17) is 9.72 Å². The fraction of sp³-hybridized carbons (Fsp3) is 0.462. The summed E-state index contributed by atoms with van der Waals surface area (Å²) < 4.78 is 34.9. The van der Waals surface area contributed by atoms with E-state index in [1.165, 1.54) is 7.11 Å². The molecule has 2 heterocycles. The fourth-order valence-corrected chi connectivity index (χ4v) is 6.19. The Labute approximate surface area is 207 Å². The Morgan fingerprint density at radius 1 is 1.06 bits per heavy atom. The molecule has 188 valence electrons. The number of hydrogen-bond donors (Lipinski definition) is 0. The molecule has 0 N–H and O–H groups in total. The van der Waals surface area contributed by atoms with E-state index in [0.717, 1.165) is 36.2 Å². The van der Waals surface area contributed by atoms with E-state index in [9.17, 15) is 13.2 Å². The first-order chi connectivity index (χ1) is 16.9. The average Bonchev–Trinajstić information content (AvgIpc) is 3.24.